The van der Waals surface area contributed by atoms with Crippen molar-refractivity contribution in [1.82, 2.24) is 10.4 Å². The van der Waals surface area contributed by atoms with E-state index in [0.29, 0.717) is 38.0 Å². The van der Waals surface area contributed by atoms with Gasteiger partial charge < -0.3 is 15.7 Å². The molecular weight excluding hydrogens is 561 g/mol. The topological polar surface area (TPSA) is 122 Å². The van der Waals surface area contributed by atoms with E-state index in [-0.39, 0.29) is 29.5 Å². The third kappa shape index (κ3) is 5.55. The molecule has 2 aliphatic rings. The monoisotopic (exact) mass is 587 g/mol. The van der Waals surface area contributed by atoms with Crippen LogP contribution in [-0.4, -0.2) is 39.9 Å². The molecule has 11 heteroatoms. The quantitative estimate of drug-likeness (QED) is 0.311. The van der Waals surface area contributed by atoms with Crippen molar-refractivity contribution in [2.75, 3.05) is 0 Å². The fraction of sp³-hybridized carbons (Fsp3) is 0.321. The highest BCUT2D eigenvalue weighted by Crippen LogP contribution is 2.47. The van der Waals surface area contributed by atoms with Gasteiger partial charge >= 0.3 is 5.97 Å². The van der Waals surface area contributed by atoms with E-state index in [1.807, 2.05) is 0 Å². The number of nitrogens with zero attached hydrogens (tertiary/aromatic N) is 1. The van der Waals surface area contributed by atoms with Gasteiger partial charge in [0.2, 0.25) is 0 Å². The number of thiophene rings is 1. The predicted molar refractivity (Wildman–Crippen MR) is 149 cm³/mol. The molecule has 204 valence electrons. The zero-order valence-corrected chi connectivity index (χ0v) is 23.1. The zero-order chi connectivity index (χ0) is 27.7. The summed E-state index contributed by atoms with van der Waals surface area (Å²) in [4.78, 5) is 47.2. The number of halogens is 2. The number of carboxylic acid groups (broad SMARTS) is 1. The van der Waals surface area contributed by atoms with E-state index in [9.17, 15) is 14.4 Å². The molecule has 2 aromatic carbocycles. The van der Waals surface area contributed by atoms with Crippen molar-refractivity contribution in [3.05, 3.63) is 91.1 Å². The van der Waals surface area contributed by atoms with E-state index in [2.05, 4.69) is 5.48 Å². The average Bonchev–Trinajstić information content (AvgIpc) is 3.39. The van der Waals surface area contributed by atoms with E-state index >= 15 is 0 Å². The van der Waals surface area contributed by atoms with Crippen LogP contribution >= 0.6 is 34.5 Å². The van der Waals surface area contributed by atoms with Crippen molar-refractivity contribution in [3.63, 3.8) is 0 Å². The van der Waals surface area contributed by atoms with E-state index < -0.39 is 23.8 Å². The lowest BCUT2D eigenvalue weighted by molar-refractivity contribution is -0.138. The Morgan fingerprint density at radius 1 is 1.08 bits per heavy atom. The van der Waals surface area contributed by atoms with Gasteiger partial charge in [0, 0.05) is 32.6 Å². The highest BCUT2D eigenvalue weighted by atomic mass is 35.5. The van der Waals surface area contributed by atoms with Gasteiger partial charge in [0.25, 0.3) is 11.8 Å². The van der Waals surface area contributed by atoms with Crippen molar-refractivity contribution in [1.29, 1.82) is 0 Å². The van der Waals surface area contributed by atoms with Crippen molar-refractivity contribution < 1.29 is 24.3 Å². The molecule has 2 heterocycles. The van der Waals surface area contributed by atoms with E-state index in [1.165, 1.54) is 6.07 Å². The Kier molecular flexibility index (Phi) is 8.25. The van der Waals surface area contributed by atoms with E-state index in [0.717, 1.165) is 30.6 Å². The lowest BCUT2D eigenvalue weighted by Crippen LogP contribution is -2.57. The number of benzene rings is 2. The molecule has 0 radical (unpaired) electrons. The zero-order valence-electron chi connectivity index (χ0n) is 20.8. The molecule has 1 saturated carbocycles. The molecule has 0 unspecified atom stereocenters. The third-order valence-corrected chi connectivity index (χ3v) is 8.95. The van der Waals surface area contributed by atoms with Gasteiger partial charge in [-0.25, -0.2) is 10.3 Å². The molecule has 39 heavy (non-hydrogen) atoms. The summed E-state index contributed by atoms with van der Waals surface area (Å²) < 4.78 is 0. The van der Waals surface area contributed by atoms with Crippen LogP contribution in [0.15, 0.2) is 54.6 Å². The molecule has 1 aliphatic heterocycles. The van der Waals surface area contributed by atoms with Crippen molar-refractivity contribution >= 4 is 52.3 Å². The number of nitrogens with two attached hydrogens (primary N) is 1. The number of hydroxylamine groups is 1. The molecule has 8 nitrogen and oxygen atoms in total. The summed E-state index contributed by atoms with van der Waals surface area (Å²) in [6.07, 6.45) is 3.39. The average molecular weight is 589 g/mol. The summed E-state index contributed by atoms with van der Waals surface area (Å²) in [6, 6.07) is 13.9. The maximum absolute atomic E-state index is 14.0. The Bertz CT molecular complexity index is 1410. The number of rotatable bonds is 7. The number of aromatic carboxylic acids is 1. The number of nitrogens with one attached hydrogen (secondary N) is 1. The second-order valence-corrected chi connectivity index (χ2v) is 11.7. The SMILES string of the molecule is N[C@H]1CCCC[C@@H]1N1C(=O)c2ccccc2[C@@H](C(=O)NOCc2ccc(C(=O)O)s2)[C@@H]1c1ccc(Cl)cc1Cl. The van der Waals surface area contributed by atoms with Crippen LogP contribution in [0.3, 0.4) is 0 Å². The largest absolute Gasteiger partial charge is 0.477 e. The second-order valence-electron chi connectivity index (χ2n) is 9.73. The van der Waals surface area contributed by atoms with Crippen LogP contribution < -0.4 is 11.2 Å². The molecule has 0 bridgehead atoms. The predicted octanol–water partition coefficient (Wildman–Crippen LogP) is 5.55. The van der Waals surface area contributed by atoms with Crippen LogP contribution in [-0.2, 0) is 16.2 Å². The highest BCUT2D eigenvalue weighted by Gasteiger charge is 2.48. The van der Waals surface area contributed by atoms with Crippen LogP contribution in [0.4, 0.5) is 0 Å². The van der Waals surface area contributed by atoms with Crippen LogP contribution in [0.25, 0.3) is 0 Å². The molecule has 3 aromatic rings. The molecular formula is C28H27Cl2N3O5S. The van der Waals surface area contributed by atoms with Gasteiger partial charge in [-0.1, -0.05) is 60.3 Å². The van der Waals surface area contributed by atoms with Gasteiger partial charge in [-0.05, 0) is 54.3 Å². The fourth-order valence-electron chi connectivity index (χ4n) is 5.57. The molecule has 1 aromatic heterocycles. The minimum absolute atomic E-state index is 0.0133. The minimum Gasteiger partial charge on any atom is -0.477 e. The van der Waals surface area contributed by atoms with E-state index in [4.69, 9.17) is 38.9 Å². The van der Waals surface area contributed by atoms with Gasteiger partial charge in [-0.3, -0.25) is 14.4 Å². The molecule has 4 N–H and O–H groups in total. The van der Waals surface area contributed by atoms with Gasteiger partial charge in [-0.2, -0.15) is 0 Å². The Hall–Kier alpha value is -2.95. The van der Waals surface area contributed by atoms with Crippen molar-refractivity contribution in [2.24, 2.45) is 5.73 Å². The van der Waals surface area contributed by atoms with Gasteiger partial charge in [0.15, 0.2) is 0 Å². The first-order valence-corrected chi connectivity index (χ1v) is 14.2. The Morgan fingerprint density at radius 2 is 1.85 bits per heavy atom. The molecule has 5 rings (SSSR count). The van der Waals surface area contributed by atoms with Gasteiger partial charge in [0.1, 0.15) is 11.5 Å². The Morgan fingerprint density at radius 3 is 2.56 bits per heavy atom. The number of carboxylic acids is 1. The molecule has 0 saturated heterocycles. The summed E-state index contributed by atoms with van der Waals surface area (Å²) in [6.45, 7) is -0.0133. The summed E-state index contributed by atoms with van der Waals surface area (Å²) >= 11 is 14.0. The number of hydrogen-bond donors (Lipinski definition) is 3. The van der Waals surface area contributed by atoms with Crippen LogP contribution in [0.1, 0.15) is 73.7 Å². The minimum atomic E-state index is -1.03. The summed E-state index contributed by atoms with van der Waals surface area (Å²) in [5, 5.41) is 9.94. The lowest BCUT2D eigenvalue weighted by Gasteiger charge is -2.48. The number of amides is 2. The van der Waals surface area contributed by atoms with E-state index in [1.54, 1.807) is 53.4 Å². The fourth-order valence-corrected chi connectivity index (χ4v) is 6.85. The standard InChI is InChI=1S/C28H27Cl2N3O5S/c29-15-9-11-19(20(30)13-15)25-24(26(34)32-38-14-16-10-12-23(39-16)28(36)37)17-5-1-2-6-18(17)27(35)33(25)22-8-4-3-7-21(22)31/h1-2,5-6,9-13,21-22,24-25H,3-4,7-8,14,31H2,(H,32,34)(H,36,37)/t21-,22-,24+,25-/m0/s1. The Labute approximate surface area is 239 Å². The molecule has 1 aliphatic carbocycles. The smallest absolute Gasteiger partial charge is 0.345 e. The molecule has 0 spiro atoms. The Balaban J connectivity index is 1.53. The van der Waals surface area contributed by atoms with Crippen molar-refractivity contribution in [2.45, 2.75) is 56.3 Å². The lowest BCUT2D eigenvalue weighted by atomic mass is 9.76. The first kappa shape index (κ1) is 27.6. The van der Waals surface area contributed by atoms with Crippen LogP contribution in [0.5, 0.6) is 0 Å². The summed E-state index contributed by atoms with van der Waals surface area (Å²) in [5.41, 5.74) is 10.7. The molecule has 1 fully saturated rings. The number of carbonyl (C=O) groups excluding carboxylic acids is 2. The maximum atomic E-state index is 14.0. The highest BCUT2D eigenvalue weighted by molar-refractivity contribution is 7.13. The number of fused-ring (bicyclic) bond motifs is 1. The first-order valence-electron chi connectivity index (χ1n) is 12.6. The van der Waals surface area contributed by atoms with Crippen molar-refractivity contribution in [3.8, 4) is 0 Å². The van der Waals surface area contributed by atoms with Gasteiger partial charge in [0.05, 0.1) is 12.0 Å². The number of hydrogen-bond acceptors (Lipinski definition) is 6. The van der Waals surface area contributed by atoms with Gasteiger partial charge in [-0.15, -0.1) is 11.3 Å². The molecule has 4 atom stereocenters. The summed E-state index contributed by atoms with van der Waals surface area (Å²) in [7, 11) is 0. The molecule has 2 amide bonds. The normalized spacial score (nSPS) is 22.8. The first-order chi connectivity index (χ1) is 18.8. The van der Waals surface area contributed by atoms with Crippen LogP contribution in [0, 0.1) is 0 Å². The second kappa shape index (κ2) is 11.7. The summed E-state index contributed by atoms with van der Waals surface area (Å²) in [5.74, 6) is -2.55. The maximum Gasteiger partial charge on any atom is 0.345 e. The van der Waals surface area contributed by atoms with Crippen LogP contribution in [0.2, 0.25) is 10.0 Å². The third-order valence-electron chi connectivity index (χ3n) is 7.34. The number of carbonyl (C=O) groups is 3.